The van der Waals surface area contributed by atoms with Gasteiger partial charge in [-0.15, -0.1) is 0 Å². The van der Waals surface area contributed by atoms with E-state index in [1.807, 2.05) is 7.05 Å². The number of amides is 2. The van der Waals surface area contributed by atoms with Crippen LogP contribution in [0.5, 0.6) is 0 Å². The number of nitrogens with one attached hydrogen (secondary N) is 1. The van der Waals surface area contributed by atoms with E-state index in [1.165, 1.54) is 19.3 Å². The molecule has 2 fully saturated rings. The molecule has 0 radical (unpaired) electrons. The molecule has 140 valence electrons. The summed E-state index contributed by atoms with van der Waals surface area (Å²) >= 11 is 0. The number of nitrogens with zero attached hydrogens (tertiary/aromatic N) is 3. The van der Waals surface area contributed by atoms with Crippen molar-refractivity contribution in [3.05, 3.63) is 11.7 Å². The number of hydrogen-bond donors (Lipinski definition) is 1. The van der Waals surface area contributed by atoms with Gasteiger partial charge in [0.2, 0.25) is 5.89 Å². The predicted molar refractivity (Wildman–Crippen MR) is 93.2 cm³/mol. The van der Waals surface area contributed by atoms with Gasteiger partial charge >= 0.3 is 6.03 Å². The molecule has 1 aromatic rings. The summed E-state index contributed by atoms with van der Waals surface area (Å²) in [7, 11) is 1.81. The van der Waals surface area contributed by atoms with E-state index in [9.17, 15) is 4.79 Å². The second kappa shape index (κ2) is 9.17. The molecule has 2 aliphatic rings. The van der Waals surface area contributed by atoms with Crippen LogP contribution in [0.3, 0.4) is 0 Å². The van der Waals surface area contributed by atoms with Crippen LogP contribution in [0.4, 0.5) is 4.79 Å². The average Bonchev–Trinajstić information content (AvgIpc) is 3.32. The van der Waals surface area contributed by atoms with E-state index in [0.29, 0.717) is 17.9 Å². The van der Waals surface area contributed by atoms with Gasteiger partial charge in [-0.25, -0.2) is 4.79 Å². The van der Waals surface area contributed by atoms with Crippen molar-refractivity contribution in [2.24, 2.45) is 0 Å². The Morgan fingerprint density at radius 3 is 2.84 bits per heavy atom. The summed E-state index contributed by atoms with van der Waals surface area (Å²) < 4.78 is 10.9. The monoisotopic (exact) mass is 350 g/mol. The topological polar surface area (TPSA) is 80.5 Å². The summed E-state index contributed by atoms with van der Waals surface area (Å²) in [6.07, 6.45) is 10.7. The van der Waals surface area contributed by atoms with Crippen LogP contribution in [-0.2, 0) is 11.3 Å². The molecule has 1 aliphatic heterocycles. The molecule has 1 aromatic heterocycles. The minimum absolute atomic E-state index is 0.107. The Balaban J connectivity index is 1.35. The van der Waals surface area contributed by atoms with E-state index in [2.05, 4.69) is 15.5 Å². The summed E-state index contributed by atoms with van der Waals surface area (Å²) in [6.45, 7) is 1.89. The van der Waals surface area contributed by atoms with E-state index in [4.69, 9.17) is 9.26 Å². The fraction of sp³-hybridized carbons (Fsp3) is 0.833. The normalized spacial score (nSPS) is 21.4. The molecule has 7 nitrogen and oxygen atoms in total. The lowest BCUT2D eigenvalue weighted by atomic mass is 9.89. The van der Waals surface area contributed by atoms with Crippen molar-refractivity contribution in [3.8, 4) is 0 Å². The third-order valence-corrected chi connectivity index (χ3v) is 5.24. The van der Waals surface area contributed by atoms with Gasteiger partial charge in [0.1, 0.15) is 0 Å². The summed E-state index contributed by atoms with van der Waals surface area (Å²) in [6, 6.07) is -0.107. The highest BCUT2D eigenvalue weighted by Crippen LogP contribution is 2.30. The number of carbonyl (C=O) groups excluding carboxylic acids is 1. The molecule has 1 saturated carbocycles. The molecule has 0 unspecified atom stereocenters. The molecule has 0 aromatic carbocycles. The molecule has 3 rings (SSSR count). The molecule has 25 heavy (non-hydrogen) atoms. The molecule has 1 atom stereocenters. The van der Waals surface area contributed by atoms with Gasteiger partial charge < -0.3 is 19.5 Å². The van der Waals surface area contributed by atoms with Gasteiger partial charge in [-0.2, -0.15) is 4.98 Å². The number of rotatable bonds is 7. The summed E-state index contributed by atoms with van der Waals surface area (Å²) in [5, 5.41) is 6.94. The minimum atomic E-state index is -0.107. The van der Waals surface area contributed by atoms with Crippen LogP contribution in [0.2, 0.25) is 0 Å². The van der Waals surface area contributed by atoms with E-state index < -0.39 is 0 Å². The molecule has 1 saturated heterocycles. The maximum Gasteiger partial charge on any atom is 0.317 e. The second-order valence-electron chi connectivity index (χ2n) is 7.24. The zero-order valence-corrected chi connectivity index (χ0v) is 15.2. The average molecular weight is 350 g/mol. The fourth-order valence-corrected chi connectivity index (χ4v) is 3.68. The number of ether oxygens (including phenoxy) is 1. The van der Waals surface area contributed by atoms with Crippen molar-refractivity contribution >= 4 is 6.03 Å². The Labute approximate surface area is 149 Å². The third kappa shape index (κ3) is 5.42. The van der Waals surface area contributed by atoms with Gasteiger partial charge in [0, 0.05) is 26.1 Å². The van der Waals surface area contributed by atoms with Gasteiger partial charge in [0.25, 0.3) is 0 Å². The zero-order chi connectivity index (χ0) is 17.5. The van der Waals surface area contributed by atoms with E-state index >= 15 is 0 Å². The maximum absolute atomic E-state index is 12.1. The van der Waals surface area contributed by atoms with Crippen LogP contribution in [-0.4, -0.2) is 47.4 Å². The number of hydrogen-bond acceptors (Lipinski definition) is 5. The second-order valence-corrected chi connectivity index (χ2v) is 7.24. The Morgan fingerprint density at radius 1 is 1.24 bits per heavy atom. The van der Waals surface area contributed by atoms with Gasteiger partial charge in [-0.1, -0.05) is 24.4 Å². The smallest absolute Gasteiger partial charge is 0.317 e. The molecular weight excluding hydrogens is 320 g/mol. The largest absolute Gasteiger partial charge is 0.378 e. The molecular formula is C18H30N4O3. The molecule has 1 aliphatic carbocycles. The van der Waals surface area contributed by atoms with Crippen LogP contribution in [0.1, 0.15) is 75.4 Å². The Hall–Kier alpha value is -1.63. The molecule has 0 spiro atoms. The van der Waals surface area contributed by atoms with Crippen molar-refractivity contribution in [1.82, 2.24) is 20.4 Å². The molecule has 1 N–H and O–H groups in total. The standard InChI is InChI=1S/C18H30N4O3/c1-22(11-5-9-15-10-6-12-24-15)18(23)19-13-16-20-17(21-25-16)14-7-3-2-4-8-14/h14-15H,2-13H2,1H3,(H,19,23)/t15-/m1/s1. The molecule has 2 heterocycles. The highest BCUT2D eigenvalue weighted by Gasteiger charge is 2.21. The summed E-state index contributed by atoms with van der Waals surface area (Å²) in [5.74, 6) is 1.71. The van der Waals surface area contributed by atoms with Crippen LogP contribution in [0, 0.1) is 0 Å². The van der Waals surface area contributed by atoms with Crippen LogP contribution in [0.15, 0.2) is 4.52 Å². The first-order chi connectivity index (χ1) is 12.2. The van der Waals surface area contributed by atoms with Gasteiger partial charge in [-0.05, 0) is 38.5 Å². The lowest BCUT2D eigenvalue weighted by Gasteiger charge is -2.18. The third-order valence-electron chi connectivity index (χ3n) is 5.24. The SMILES string of the molecule is CN(CCC[C@@H]1CCCO1)C(=O)NCc1nc(C2CCCCC2)no1. The van der Waals surface area contributed by atoms with Gasteiger partial charge in [0.05, 0.1) is 12.6 Å². The van der Waals surface area contributed by atoms with E-state index in [0.717, 1.165) is 57.5 Å². The zero-order valence-electron chi connectivity index (χ0n) is 15.2. The van der Waals surface area contributed by atoms with Gasteiger partial charge in [0.15, 0.2) is 5.82 Å². The lowest BCUT2D eigenvalue weighted by Crippen LogP contribution is -2.37. The Bertz CT molecular complexity index is 536. The van der Waals surface area contributed by atoms with Crippen molar-refractivity contribution in [3.63, 3.8) is 0 Å². The Kier molecular flexibility index (Phi) is 6.67. The first kappa shape index (κ1) is 18.2. The highest BCUT2D eigenvalue weighted by molar-refractivity contribution is 5.73. The first-order valence-electron chi connectivity index (χ1n) is 9.65. The van der Waals surface area contributed by atoms with Crippen molar-refractivity contribution in [2.75, 3.05) is 20.2 Å². The van der Waals surface area contributed by atoms with Crippen molar-refractivity contribution in [1.29, 1.82) is 0 Å². The van der Waals surface area contributed by atoms with Crippen molar-refractivity contribution in [2.45, 2.75) is 76.4 Å². The lowest BCUT2D eigenvalue weighted by molar-refractivity contribution is 0.100. The first-order valence-corrected chi connectivity index (χ1v) is 9.65. The van der Waals surface area contributed by atoms with E-state index in [-0.39, 0.29) is 12.6 Å². The van der Waals surface area contributed by atoms with E-state index in [1.54, 1.807) is 4.90 Å². The quantitative estimate of drug-likeness (QED) is 0.816. The van der Waals surface area contributed by atoms with Crippen molar-refractivity contribution < 1.29 is 14.1 Å². The van der Waals surface area contributed by atoms with Crippen LogP contribution in [0.25, 0.3) is 0 Å². The molecule has 7 heteroatoms. The summed E-state index contributed by atoms with van der Waals surface area (Å²) in [5.41, 5.74) is 0. The number of carbonyl (C=O) groups is 1. The Morgan fingerprint density at radius 2 is 2.08 bits per heavy atom. The molecule has 0 bridgehead atoms. The molecule has 2 amide bonds. The maximum atomic E-state index is 12.1. The highest BCUT2D eigenvalue weighted by atomic mass is 16.5. The predicted octanol–water partition coefficient (Wildman–Crippen LogP) is 3.22. The van der Waals surface area contributed by atoms with Gasteiger partial charge in [-0.3, -0.25) is 0 Å². The summed E-state index contributed by atoms with van der Waals surface area (Å²) in [4.78, 5) is 18.3. The van der Waals surface area contributed by atoms with Crippen LogP contribution >= 0.6 is 0 Å². The number of urea groups is 1. The van der Waals surface area contributed by atoms with Crippen LogP contribution < -0.4 is 5.32 Å². The fourth-order valence-electron chi connectivity index (χ4n) is 3.68. The number of aromatic nitrogens is 2. The minimum Gasteiger partial charge on any atom is -0.378 e.